The van der Waals surface area contributed by atoms with E-state index in [1.54, 1.807) is 24.3 Å². The van der Waals surface area contributed by atoms with Crippen molar-refractivity contribution in [2.45, 2.75) is 12.5 Å². The smallest absolute Gasteiger partial charge is 0.326 e. The van der Waals surface area contributed by atoms with Crippen LogP contribution in [0.3, 0.4) is 0 Å². The molecule has 1 aromatic rings. The first kappa shape index (κ1) is 17.1. The van der Waals surface area contributed by atoms with Gasteiger partial charge in [0.05, 0.1) is 6.54 Å². The van der Waals surface area contributed by atoms with Crippen LogP contribution in [0.15, 0.2) is 28.7 Å². The van der Waals surface area contributed by atoms with Gasteiger partial charge in [-0.2, -0.15) is 0 Å². The minimum Gasteiger partial charge on any atom is -0.480 e. The molecule has 0 heterocycles. The highest BCUT2D eigenvalue weighted by Gasteiger charge is 2.19. The maximum Gasteiger partial charge on any atom is 0.326 e. The molecule has 1 aromatic carbocycles. The van der Waals surface area contributed by atoms with E-state index in [0.29, 0.717) is 5.56 Å². The van der Waals surface area contributed by atoms with Crippen molar-refractivity contribution in [3.63, 3.8) is 0 Å². The third-order valence-corrected chi connectivity index (χ3v) is 3.10. The van der Waals surface area contributed by atoms with Gasteiger partial charge in [-0.15, -0.1) is 0 Å². The molecule has 21 heavy (non-hydrogen) atoms. The van der Waals surface area contributed by atoms with Gasteiger partial charge in [-0.25, -0.2) is 4.79 Å². The van der Waals surface area contributed by atoms with Crippen LogP contribution in [0.25, 0.3) is 0 Å². The molecular weight excluding hydrogens is 344 g/mol. The fourth-order valence-corrected chi connectivity index (χ4v) is 1.76. The van der Waals surface area contributed by atoms with Crippen LogP contribution in [0.4, 0.5) is 0 Å². The van der Waals surface area contributed by atoms with Gasteiger partial charge in [-0.1, -0.05) is 15.9 Å². The van der Waals surface area contributed by atoms with E-state index < -0.39 is 23.8 Å². The summed E-state index contributed by atoms with van der Waals surface area (Å²) in [5.74, 6) is -2.32. The van der Waals surface area contributed by atoms with E-state index in [-0.39, 0.29) is 19.6 Å². The van der Waals surface area contributed by atoms with Crippen molar-refractivity contribution in [2.24, 2.45) is 0 Å². The number of aliphatic hydroxyl groups excluding tert-OH is 1. The Morgan fingerprint density at radius 2 is 1.81 bits per heavy atom. The summed E-state index contributed by atoms with van der Waals surface area (Å²) in [6.07, 6.45) is -0.0955. The van der Waals surface area contributed by atoms with Gasteiger partial charge in [0.25, 0.3) is 5.91 Å². The zero-order chi connectivity index (χ0) is 15.8. The van der Waals surface area contributed by atoms with Crippen molar-refractivity contribution in [2.75, 3.05) is 13.2 Å². The number of halogens is 1. The molecule has 0 saturated heterocycles. The molecule has 8 heteroatoms. The van der Waals surface area contributed by atoms with Gasteiger partial charge in [-0.3, -0.25) is 9.59 Å². The molecular formula is C13H15BrN2O5. The largest absolute Gasteiger partial charge is 0.480 e. The third-order valence-electron chi connectivity index (χ3n) is 2.57. The molecule has 0 unspecified atom stereocenters. The second kappa shape index (κ2) is 8.38. The molecule has 0 bridgehead atoms. The highest BCUT2D eigenvalue weighted by molar-refractivity contribution is 9.10. The van der Waals surface area contributed by atoms with E-state index in [4.69, 9.17) is 10.2 Å². The molecule has 0 saturated carbocycles. The predicted molar refractivity (Wildman–Crippen MR) is 77.7 cm³/mol. The summed E-state index contributed by atoms with van der Waals surface area (Å²) in [6, 6.07) is 5.38. The first-order valence-corrected chi connectivity index (χ1v) is 6.90. The van der Waals surface area contributed by atoms with Gasteiger partial charge >= 0.3 is 5.97 Å². The Labute approximate surface area is 129 Å². The molecule has 4 N–H and O–H groups in total. The normalized spacial score (nSPS) is 11.5. The lowest BCUT2D eigenvalue weighted by Crippen LogP contribution is -2.45. The Morgan fingerprint density at radius 1 is 1.19 bits per heavy atom. The average molecular weight is 359 g/mol. The molecule has 0 fully saturated rings. The standard InChI is InChI=1S/C13H15BrN2O5/c14-9-3-1-8(2-4-9)12(19)15-7-11(18)16-10(5-6-17)13(20)21/h1-4,10,17H,5-7H2,(H,15,19)(H,16,18)(H,20,21)/t10-/m1/s1. The number of aliphatic hydroxyl groups is 1. The van der Waals surface area contributed by atoms with Gasteiger partial charge in [0, 0.05) is 23.1 Å². The zero-order valence-electron chi connectivity index (χ0n) is 11.0. The number of carboxylic acid groups (broad SMARTS) is 1. The van der Waals surface area contributed by atoms with E-state index in [0.717, 1.165) is 4.47 Å². The molecule has 0 aliphatic rings. The molecule has 1 atom stereocenters. The molecule has 0 spiro atoms. The molecule has 1 rings (SSSR count). The zero-order valence-corrected chi connectivity index (χ0v) is 12.6. The van der Waals surface area contributed by atoms with E-state index in [2.05, 4.69) is 26.6 Å². The SMILES string of the molecule is O=C(CNC(=O)c1ccc(Br)cc1)N[C@H](CCO)C(=O)O. The summed E-state index contributed by atoms with van der Waals surface area (Å²) in [5.41, 5.74) is 0.385. The number of carboxylic acids is 1. The Kier molecular flexibility index (Phi) is 6.83. The number of hydrogen-bond acceptors (Lipinski definition) is 4. The Morgan fingerprint density at radius 3 is 2.33 bits per heavy atom. The molecule has 0 aliphatic heterocycles. The average Bonchev–Trinajstić information content (AvgIpc) is 2.45. The minimum atomic E-state index is -1.24. The fourth-order valence-electron chi connectivity index (χ4n) is 1.50. The van der Waals surface area contributed by atoms with Crippen LogP contribution >= 0.6 is 15.9 Å². The molecule has 0 aliphatic carbocycles. The van der Waals surface area contributed by atoms with Crippen molar-refractivity contribution >= 4 is 33.7 Å². The Bertz CT molecular complexity index is 518. The molecule has 0 radical (unpaired) electrons. The number of carbonyl (C=O) groups excluding carboxylic acids is 2. The number of aliphatic carboxylic acids is 1. The molecule has 7 nitrogen and oxygen atoms in total. The van der Waals surface area contributed by atoms with Gasteiger partial charge in [0.1, 0.15) is 6.04 Å². The number of nitrogens with one attached hydrogen (secondary N) is 2. The summed E-state index contributed by atoms with van der Waals surface area (Å²) in [7, 11) is 0. The van der Waals surface area contributed by atoms with Gasteiger partial charge in [0.2, 0.25) is 5.91 Å². The van der Waals surface area contributed by atoms with Crippen molar-refractivity contribution in [3.05, 3.63) is 34.3 Å². The van der Waals surface area contributed by atoms with Crippen LogP contribution in [0.2, 0.25) is 0 Å². The van der Waals surface area contributed by atoms with Crippen molar-refractivity contribution in [3.8, 4) is 0 Å². The van der Waals surface area contributed by atoms with Crippen LogP contribution < -0.4 is 10.6 Å². The highest BCUT2D eigenvalue weighted by atomic mass is 79.9. The first-order valence-electron chi connectivity index (χ1n) is 6.11. The predicted octanol–water partition coefficient (Wildman–Crippen LogP) is 0.131. The maximum atomic E-state index is 11.7. The quantitative estimate of drug-likeness (QED) is 0.552. The van der Waals surface area contributed by atoms with Gasteiger partial charge < -0.3 is 20.8 Å². The number of benzene rings is 1. The van der Waals surface area contributed by atoms with Crippen LogP contribution in [0.1, 0.15) is 16.8 Å². The van der Waals surface area contributed by atoms with Gasteiger partial charge in [0.15, 0.2) is 0 Å². The van der Waals surface area contributed by atoms with E-state index in [1.807, 2.05) is 0 Å². The monoisotopic (exact) mass is 358 g/mol. The Balaban J connectivity index is 2.46. The molecule has 2 amide bonds. The summed E-state index contributed by atoms with van der Waals surface area (Å²) >= 11 is 3.24. The number of rotatable bonds is 7. The van der Waals surface area contributed by atoms with Crippen LogP contribution in [0, 0.1) is 0 Å². The number of hydrogen-bond donors (Lipinski definition) is 4. The van der Waals surface area contributed by atoms with E-state index >= 15 is 0 Å². The van der Waals surface area contributed by atoms with Gasteiger partial charge in [-0.05, 0) is 24.3 Å². The first-order chi connectivity index (χ1) is 9.93. The lowest BCUT2D eigenvalue weighted by molar-refractivity contribution is -0.142. The number of carbonyl (C=O) groups is 3. The highest BCUT2D eigenvalue weighted by Crippen LogP contribution is 2.10. The second-order valence-electron chi connectivity index (χ2n) is 4.16. The van der Waals surface area contributed by atoms with Crippen molar-refractivity contribution < 1.29 is 24.6 Å². The van der Waals surface area contributed by atoms with Crippen molar-refractivity contribution in [1.82, 2.24) is 10.6 Å². The third kappa shape index (κ3) is 5.92. The molecule has 0 aromatic heterocycles. The lowest BCUT2D eigenvalue weighted by Gasteiger charge is -2.13. The van der Waals surface area contributed by atoms with Crippen molar-refractivity contribution in [1.29, 1.82) is 0 Å². The topological polar surface area (TPSA) is 116 Å². The van der Waals surface area contributed by atoms with Crippen LogP contribution in [0.5, 0.6) is 0 Å². The summed E-state index contributed by atoms with van der Waals surface area (Å²) in [6.45, 7) is -0.702. The molecule has 114 valence electrons. The minimum absolute atomic E-state index is 0.0955. The maximum absolute atomic E-state index is 11.7. The van der Waals surface area contributed by atoms with E-state index in [9.17, 15) is 14.4 Å². The summed E-state index contributed by atoms with van der Waals surface area (Å²) in [5, 5.41) is 22.1. The lowest BCUT2D eigenvalue weighted by atomic mass is 10.2. The summed E-state index contributed by atoms with van der Waals surface area (Å²) in [4.78, 5) is 34.1. The summed E-state index contributed by atoms with van der Waals surface area (Å²) < 4.78 is 0.824. The second-order valence-corrected chi connectivity index (χ2v) is 5.08. The number of amides is 2. The van der Waals surface area contributed by atoms with Crippen LogP contribution in [-0.4, -0.2) is 47.2 Å². The van der Waals surface area contributed by atoms with E-state index in [1.165, 1.54) is 0 Å². The fraction of sp³-hybridized carbons (Fsp3) is 0.308. The van der Waals surface area contributed by atoms with Crippen LogP contribution in [-0.2, 0) is 9.59 Å². The Hall–Kier alpha value is -1.93.